The summed E-state index contributed by atoms with van der Waals surface area (Å²) in [6, 6.07) is 0. The normalized spacial score (nSPS) is 36.6. The molecule has 0 aliphatic heterocycles. The lowest BCUT2D eigenvalue weighted by molar-refractivity contribution is 0.229. The lowest BCUT2D eigenvalue weighted by atomic mass is 9.77. The molecule has 0 N–H and O–H groups in total. The molecule has 2 fully saturated rings. The fraction of sp³-hybridized carbons (Fsp3) is 1.00. The second kappa shape index (κ2) is 4.22. The zero-order valence-corrected chi connectivity index (χ0v) is 10.4. The summed E-state index contributed by atoms with van der Waals surface area (Å²) in [5.74, 6) is 4.40. The largest absolute Gasteiger partial charge is 0.126 e. The van der Waals surface area contributed by atoms with Gasteiger partial charge in [-0.2, -0.15) is 0 Å². The Hall–Kier alpha value is 0.580. The molecule has 0 aromatic carbocycles. The molecule has 2 saturated carbocycles. The molecule has 3 atom stereocenters. The summed E-state index contributed by atoms with van der Waals surface area (Å²) < 4.78 is 0. The van der Waals surface area contributed by atoms with Crippen LogP contribution in [0.5, 0.6) is 0 Å². The molecule has 0 aromatic rings. The number of hydrogen-bond acceptors (Lipinski definition) is 0. The van der Waals surface area contributed by atoms with E-state index in [1.807, 2.05) is 0 Å². The van der Waals surface area contributed by atoms with Gasteiger partial charge in [0.05, 0.1) is 0 Å². The molecule has 0 saturated heterocycles. The molecular formula is C12H20Cl2. The highest BCUT2D eigenvalue weighted by Crippen LogP contribution is 2.52. The second-order valence-corrected chi connectivity index (χ2v) is 6.25. The lowest BCUT2D eigenvalue weighted by Gasteiger charge is -2.32. The van der Waals surface area contributed by atoms with Crippen LogP contribution in [0, 0.1) is 23.2 Å². The Kier molecular flexibility index (Phi) is 3.34. The quantitative estimate of drug-likeness (QED) is 0.637. The molecule has 2 heteroatoms. The number of alkyl halides is 2. The Labute approximate surface area is 97.3 Å². The van der Waals surface area contributed by atoms with Gasteiger partial charge < -0.3 is 0 Å². The number of halogens is 2. The summed E-state index contributed by atoms with van der Waals surface area (Å²) in [6.45, 7) is 2.24. The molecule has 2 aliphatic carbocycles. The van der Waals surface area contributed by atoms with Gasteiger partial charge in [0.25, 0.3) is 0 Å². The van der Waals surface area contributed by atoms with Crippen LogP contribution in [0.3, 0.4) is 0 Å². The smallest absolute Gasteiger partial charge is 0.0288 e. The Morgan fingerprint density at radius 3 is 2.29 bits per heavy atom. The highest BCUT2D eigenvalue weighted by Gasteiger charge is 2.42. The molecule has 0 amide bonds. The van der Waals surface area contributed by atoms with Gasteiger partial charge in [0.2, 0.25) is 0 Å². The monoisotopic (exact) mass is 234 g/mol. The van der Waals surface area contributed by atoms with E-state index in [1.54, 1.807) is 0 Å². The van der Waals surface area contributed by atoms with Crippen molar-refractivity contribution < 1.29 is 0 Å². The van der Waals surface area contributed by atoms with Crippen LogP contribution in [-0.4, -0.2) is 11.8 Å². The van der Waals surface area contributed by atoms with E-state index >= 15 is 0 Å². The lowest BCUT2D eigenvalue weighted by Crippen LogP contribution is -2.27. The maximum atomic E-state index is 6.00. The van der Waals surface area contributed by atoms with Gasteiger partial charge in [0.15, 0.2) is 0 Å². The van der Waals surface area contributed by atoms with Crippen molar-refractivity contribution in [2.24, 2.45) is 23.2 Å². The van der Waals surface area contributed by atoms with Gasteiger partial charge in [-0.05, 0) is 48.9 Å². The van der Waals surface area contributed by atoms with Crippen molar-refractivity contribution in [1.29, 1.82) is 0 Å². The van der Waals surface area contributed by atoms with Crippen LogP contribution in [0.2, 0.25) is 0 Å². The molecule has 3 unspecified atom stereocenters. The van der Waals surface area contributed by atoms with E-state index in [2.05, 4.69) is 6.92 Å². The van der Waals surface area contributed by atoms with Gasteiger partial charge in [0, 0.05) is 11.8 Å². The van der Waals surface area contributed by atoms with Crippen LogP contribution in [0.4, 0.5) is 0 Å². The molecule has 82 valence electrons. The van der Waals surface area contributed by atoms with Crippen molar-refractivity contribution in [2.45, 2.75) is 39.0 Å². The van der Waals surface area contributed by atoms with Gasteiger partial charge in [-0.15, -0.1) is 23.2 Å². The van der Waals surface area contributed by atoms with Crippen LogP contribution in [0.25, 0.3) is 0 Å². The van der Waals surface area contributed by atoms with Crippen molar-refractivity contribution in [1.82, 2.24) is 0 Å². The Balaban J connectivity index is 1.91. The number of rotatable bonds is 4. The van der Waals surface area contributed by atoms with E-state index in [9.17, 15) is 0 Å². The Morgan fingerprint density at radius 2 is 1.86 bits per heavy atom. The molecule has 0 aromatic heterocycles. The predicted molar refractivity (Wildman–Crippen MR) is 63.1 cm³/mol. The van der Waals surface area contributed by atoms with Crippen molar-refractivity contribution in [3.05, 3.63) is 0 Å². The van der Waals surface area contributed by atoms with E-state index in [4.69, 9.17) is 23.2 Å². The molecule has 0 radical (unpaired) electrons. The van der Waals surface area contributed by atoms with Gasteiger partial charge in [-0.1, -0.05) is 13.3 Å². The molecule has 0 heterocycles. The number of hydrogen-bond donors (Lipinski definition) is 0. The SMILES string of the molecule is CC(CCl)(CCl)CC1CC2CCC1C2. The summed E-state index contributed by atoms with van der Waals surface area (Å²) in [4.78, 5) is 0. The third kappa shape index (κ3) is 2.07. The minimum Gasteiger partial charge on any atom is -0.126 e. The Bertz CT molecular complexity index is 198. The molecule has 2 rings (SSSR count). The summed E-state index contributed by atoms with van der Waals surface area (Å²) in [6.07, 6.45) is 7.15. The zero-order valence-electron chi connectivity index (χ0n) is 8.94. The minimum atomic E-state index is 0.179. The van der Waals surface area contributed by atoms with Gasteiger partial charge in [-0.25, -0.2) is 0 Å². The highest BCUT2D eigenvalue weighted by atomic mass is 35.5. The molecule has 2 bridgehead atoms. The minimum absolute atomic E-state index is 0.179. The van der Waals surface area contributed by atoms with Gasteiger partial charge >= 0.3 is 0 Å². The fourth-order valence-corrected chi connectivity index (χ4v) is 3.91. The fourth-order valence-electron chi connectivity index (χ4n) is 3.40. The first-order valence-electron chi connectivity index (χ1n) is 5.79. The maximum absolute atomic E-state index is 6.00. The first kappa shape index (κ1) is 11.1. The maximum Gasteiger partial charge on any atom is 0.0288 e. The summed E-state index contributed by atoms with van der Waals surface area (Å²) >= 11 is 12.0. The van der Waals surface area contributed by atoms with Crippen LogP contribution < -0.4 is 0 Å². The van der Waals surface area contributed by atoms with Crippen LogP contribution in [0.1, 0.15) is 39.0 Å². The van der Waals surface area contributed by atoms with Gasteiger partial charge in [-0.3, -0.25) is 0 Å². The van der Waals surface area contributed by atoms with Crippen molar-refractivity contribution in [3.8, 4) is 0 Å². The Morgan fingerprint density at radius 1 is 1.14 bits per heavy atom. The third-order valence-electron chi connectivity index (χ3n) is 4.28. The third-order valence-corrected chi connectivity index (χ3v) is 5.58. The zero-order chi connectivity index (χ0) is 10.2. The first-order chi connectivity index (χ1) is 6.67. The standard InChI is InChI=1S/C12H20Cl2/c1-12(7-13,8-14)6-11-5-9-2-3-10(11)4-9/h9-11H,2-8H2,1H3. The second-order valence-electron chi connectivity index (χ2n) is 5.72. The van der Waals surface area contributed by atoms with Gasteiger partial charge in [0.1, 0.15) is 0 Å². The van der Waals surface area contributed by atoms with Crippen molar-refractivity contribution >= 4 is 23.2 Å². The van der Waals surface area contributed by atoms with Crippen LogP contribution >= 0.6 is 23.2 Å². The van der Waals surface area contributed by atoms with Crippen LogP contribution in [0.15, 0.2) is 0 Å². The highest BCUT2D eigenvalue weighted by molar-refractivity contribution is 6.21. The first-order valence-corrected chi connectivity index (χ1v) is 6.86. The molecular weight excluding hydrogens is 215 g/mol. The van der Waals surface area contributed by atoms with E-state index in [1.165, 1.54) is 32.1 Å². The molecule has 0 nitrogen and oxygen atoms in total. The van der Waals surface area contributed by atoms with Crippen molar-refractivity contribution in [3.63, 3.8) is 0 Å². The van der Waals surface area contributed by atoms with E-state index in [0.29, 0.717) is 11.8 Å². The van der Waals surface area contributed by atoms with E-state index in [-0.39, 0.29) is 5.41 Å². The summed E-state index contributed by atoms with van der Waals surface area (Å²) in [7, 11) is 0. The van der Waals surface area contributed by atoms with Crippen LogP contribution in [-0.2, 0) is 0 Å². The predicted octanol–water partition coefficient (Wildman–Crippen LogP) is 4.30. The van der Waals surface area contributed by atoms with Crippen molar-refractivity contribution in [2.75, 3.05) is 11.8 Å². The number of fused-ring (bicyclic) bond motifs is 2. The average Bonchev–Trinajstić information content (AvgIpc) is 2.79. The van der Waals surface area contributed by atoms with E-state index in [0.717, 1.165) is 17.8 Å². The molecule has 2 aliphatic rings. The summed E-state index contributed by atoms with van der Waals surface area (Å²) in [5, 5.41) is 0. The average molecular weight is 235 g/mol. The van der Waals surface area contributed by atoms with E-state index < -0.39 is 0 Å². The summed E-state index contributed by atoms with van der Waals surface area (Å²) in [5.41, 5.74) is 0.179. The molecule has 14 heavy (non-hydrogen) atoms. The topological polar surface area (TPSA) is 0 Å². The molecule has 0 spiro atoms.